The van der Waals surface area contributed by atoms with Crippen LogP contribution >= 0.6 is 0 Å². The first-order valence-electron chi connectivity index (χ1n) is 7.32. The van der Waals surface area contributed by atoms with Gasteiger partial charge in [0.15, 0.2) is 0 Å². The average molecular weight is 274 g/mol. The molecule has 0 amide bonds. The van der Waals surface area contributed by atoms with Gasteiger partial charge in [-0.15, -0.1) is 0 Å². The Labute approximate surface area is 115 Å². The highest BCUT2D eigenvalue weighted by molar-refractivity contribution is 7.85. The molecule has 0 atom stereocenters. The third-order valence-electron chi connectivity index (χ3n) is 4.21. The van der Waals surface area contributed by atoms with E-state index in [9.17, 15) is 4.21 Å². The number of nitrogens with one attached hydrogen (secondary N) is 1. The molecule has 0 spiro atoms. The second kappa shape index (κ2) is 7.61. The van der Waals surface area contributed by atoms with Gasteiger partial charge in [-0.25, -0.2) is 0 Å². The summed E-state index contributed by atoms with van der Waals surface area (Å²) in [5.74, 6) is 1.72. The molecule has 1 fully saturated rings. The molecular weight excluding hydrogens is 244 g/mol. The van der Waals surface area contributed by atoms with Gasteiger partial charge < -0.3 is 10.2 Å². The minimum atomic E-state index is -0.562. The van der Waals surface area contributed by atoms with Crippen LogP contribution in [0.4, 0.5) is 0 Å². The zero-order valence-corrected chi connectivity index (χ0v) is 13.3. The van der Waals surface area contributed by atoms with Gasteiger partial charge in [0.25, 0.3) is 0 Å². The van der Waals surface area contributed by atoms with Gasteiger partial charge in [0.05, 0.1) is 0 Å². The first-order valence-corrected chi connectivity index (χ1v) is 8.81. The molecule has 1 aliphatic heterocycles. The summed E-state index contributed by atoms with van der Waals surface area (Å²) in [7, 11) is -0.562. The molecule has 0 aromatic rings. The van der Waals surface area contributed by atoms with Gasteiger partial charge in [0, 0.05) is 54.5 Å². The zero-order valence-electron chi connectivity index (χ0n) is 12.5. The topological polar surface area (TPSA) is 32.3 Å². The Morgan fingerprint density at radius 2 is 1.78 bits per heavy atom. The summed E-state index contributed by atoms with van der Waals surface area (Å²) in [6.45, 7) is 13.3. The fourth-order valence-corrected chi connectivity index (χ4v) is 3.64. The lowest BCUT2D eigenvalue weighted by Crippen LogP contribution is -2.48. The summed E-state index contributed by atoms with van der Waals surface area (Å²) in [6, 6.07) is 0.552. The van der Waals surface area contributed by atoms with E-state index in [2.05, 4.69) is 37.9 Å². The molecule has 0 aromatic carbocycles. The van der Waals surface area contributed by atoms with Gasteiger partial charge >= 0.3 is 0 Å². The molecule has 1 saturated heterocycles. The smallest absolute Gasteiger partial charge is 0.0363 e. The van der Waals surface area contributed by atoms with Crippen LogP contribution in [0, 0.1) is 5.41 Å². The Balaban J connectivity index is 2.52. The molecule has 0 aliphatic carbocycles. The van der Waals surface area contributed by atoms with Gasteiger partial charge in [-0.2, -0.15) is 0 Å². The van der Waals surface area contributed by atoms with E-state index in [1.165, 1.54) is 12.8 Å². The standard InChI is InChI=1S/C14H30N2OS/c1-5-14(6-2,11-15-13(3)4)12-16-7-9-18(17)10-8-16/h13,15H,5-12H2,1-4H3. The second-order valence-corrected chi connectivity index (χ2v) is 7.56. The van der Waals surface area contributed by atoms with E-state index in [4.69, 9.17) is 0 Å². The molecule has 0 saturated carbocycles. The highest BCUT2D eigenvalue weighted by Crippen LogP contribution is 2.27. The van der Waals surface area contributed by atoms with E-state index in [1.54, 1.807) is 0 Å². The van der Waals surface area contributed by atoms with E-state index in [-0.39, 0.29) is 0 Å². The molecule has 1 aliphatic rings. The fraction of sp³-hybridized carbons (Fsp3) is 1.00. The fourth-order valence-electron chi connectivity index (χ4n) is 2.51. The van der Waals surface area contributed by atoms with Crippen LogP contribution in [-0.4, -0.2) is 52.8 Å². The van der Waals surface area contributed by atoms with E-state index in [0.29, 0.717) is 11.5 Å². The van der Waals surface area contributed by atoms with Crippen LogP contribution in [0.2, 0.25) is 0 Å². The van der Waals surface area contributed by atoms with Crippen LogP contribution in [0.25, 0.3) is 0 Å². The Morgan fingerprint density at radius 1 is 1.22 bits per heavy atom. The molecule has 0 unspecified atom stereocenters. The van der Waals surface area contributed by atoms with Crippen molar-refractivity contribution in [2.45, 2.75) is 46.6 Å². The maximum Gasteiger partial charge on any atom is 0.0363 e. The van der Waals surface area contributed by atoms with Crippen molar-refractivity contribution in [3.05, 3.63) is 0 Å². The molecule has 3 nitrogen and oxygen atoms in total. The Kier molecular flexibility index (Phi) is 6.82. The predicted octanol–water partition coefficient (Wildman–Crippen LogP) is 1.86. The lowest BCUT2D eigenvalue weighted by molar-refractivity contribution is 0.140. The molecule has 0 bridgehead atoms. The number of hydrogen-bond acceptors (Lipinski definition) is 3. The van der Waals surface area contributed by atoms with Crippen molar-refractivity contribution < 1.29 is 4.21 Å². The summed E-state index contributed by atoms with van der Waals surface area (Å²) in [5, 5.41) is 3.60. The van der Waals surface area contributed by atoms with Crippen molar-refractivity contribution in [3.63, 3.8) is 0 Å². The normalized spacial score (nSPS) is 19.6. The van der Waals surface area contributed by atoms with E-state index in [0.717, 1.165) is 37.7 Å². The van der Waals surface area contributed by atoms with Crippen molar-refractivity contribution in [2.24, 2.45) is 5.41 Å². The van der Waals surface area contributed by atoms with E-state index < -0.39 is 10.8 Å². The summed E-state index contributed by atoms with van der Waals surface area (Å²) < 4.78 is 11.4. The van der Waals surface area contributed by atoms with Crippen molar-refractivity contribution in [1.29, 1.82) is 0 Å². The highest BCUT2D eigenvalue weighted by atomic mass is 32.2. The van der Waals surface area contributed by atoms with Crippen LogP contribution in [0.15, 0.2) is 0 Å². The SMILES string of the molecule is CCC(CC)(CNC(C)C)CN1CCS(=O)CC1. The quantitative estimate of drug-likeness (QED) is 0.769. The summed E-state index contributed by atoms with van der Waals surface area (Å²) in [5.41, 5.74) is 0.378. The van der Waals surface area contributed by atoms with Gasteiger partial charge in [-0.1, -0.05) is 27.7 Å². The third-order valence-corrected chi connectivity index (χ3v) is 5.49. The molecule has 0 radical (unpaired) electrons. The number of hydrogen-bond donors (Lipinski definition) is 1. The highest BCUT2D eigenvalue weighted by Gasteiger charge is 2.30. The van der Waals surface area contributed by atoms with Crippen LogP contribution < -0.4 is 5.32 Å². The van der Waals surface area contributed by atoms with Crippen LogP contribution in [0.1, 0.15) is 40.5 Å². The summed E-state index contributed by atoms with van der Waals surface area (Å²) in [4.78, 5) is 2.51. The van der Waals surface area contributed by atoms with Gasteiger partial charge in [-0.3, -0.25) is 4.21 Å². The second-order valence-electron chi connectivity index (χ2n) is 5.87. The summed E-state index contributed by atoms with van der Waals surface area (Å²) in [6.07, 6.45) is 2.42. The van der Waals surface area contributed by atoms with Gasteiger partial charge in [0.1, 0.15) is 0 Å². The van der Waals surface area contributed by atoms with Crippen molar-refractivity contribution in [3.8, 4) is 0 Å². The van der Waals surface area contributed by atoms with Crippen LogP contribution in [0.3, 0.4) is 0 Å². The molecule has 1 N–H and O–H groups in total. The molecule has 1 rings (SSSR count). The largest absolute Gasteiger partial charge is 0.314 e. The van der Waals surface area contributed by atoms with Crippen LogP contribution in [-0.2, 0) is 10.8 Å². The van der Waals surface area contributed by atoms with Crippen molar-refractivity contribution >= 4 is 10.8 Å². The molecule has 1 heterocycles. The first-order chi connectivity index (χ1) is 8.51. The zero-order chi connectivity index (χ0) is 13.6. The van der Waals surface area contributed by atoms with Crippen molar-refractivity contribution in [1.82, 2.24) is 10.2 Å². The third kappa shape index (κ3) is 4.98. The maximum atomic E-state index is 11.4. The predicted molar refractivity (Wildman–Crippen MR) is 80.5 cm³/mol. The Morgan fingerprint density at radius 3 is 2.22 bits per heavy atom. The molecule has 108 valence electrons. The lowest BCUT2D eigenvalue weighted by Gasteiger charge is -2.39. The van der Waals surface area contributed by atoms with Crippen LogP contribution in [0.5, 0.6) is 0 Å². The Bertz CT molecular complexity index is 255. The van der Waals surface area contributed by atoms with E-state index >= 15 is 0 Å². The maximum absolute atomic E-state index is 11.4. The van der Waals surface area contributed by atoms with Crippen molar-refractivity contribution in [2.75, 3.05) is 37.7 Å². The number of nitrogens with zero attached hydrogens (tertiary/aromatic N) is 1. The van der Waals surface area contributed by atoms with Gasteiger partial charge in [-0.05, 0) is 18.3 Å². The number of rotatable bonds is 7. The summed E-state index contributed by atoms with van der Waals surface area (Å²) >= 11 is 0. The lowest BCUT2D eigenvalue weighted by atomic mass is 9.81. The minimum absolute atomic E-state index is 0.378. The van der Waals surface area contributed by atoms with E-state index in [1.807, 2.05) is 0 Å². The minimum Gasteiger partial charge on any atom is -0.314 e. The molecular formula is C14H30N2OS. The van der Waals surface area contributed by atoms with Gasteiger partial charge in [0.2, 0.25) is 0 Å². The molecule has 4 heteroatoms. The Hall–Kier alpha value is 0.0700. The average Bonchev–Trinajstić information content (AvgIpc) is 2.37. The molecule has 0 aromatic heterocycles. The monoisotopic (exact) mass is 274 g/mol. The molecule has 18 heavy (non-hydrogen) atoms. The first kappa shape index (κ1) is 16.1.